The monoisotopic (exact) mass is 269 g/mol. The number of hydrogen-bond acceptors (Lipinski definition) is 6. The molecule has 18 heavy (non-hydrogen) atoms. The molecule has 2 N–H and O–H groups in total. The summed E-state index contributed by atoms with van der Waals surface area (Å²) in [5.41, 5.74) is 6.94. The second kappa shape index (κ2) is 6.70. The Labute approximate surface area is 109 Å². The number of allylic oxidation sites excluding steroid dienone is 1. The Bertz CT molecular complexity index is 471. The van der Waals surface area contributed by atoms with E-state index in [1.165, 1.54) is 6.20 Å². The van der Waals surface area contributed by atoms with Crippen LogP contribution in [0.4, 0.5) is 0 Å². The molecule has 0 saturated heterocycles. The van der Waals surface area contributed by atoms with Crippen LogP contribution < -0.4 is 0 Å². The number of pyridine rings is 1. The van der Waals surface area contributed by atoms with E-state index in [1.54, 1.807) is 19.1 Å². The van der Waals surface area contributed by atoms with Gasteiger partial charge in [0.15, 0.2) is 0 Å². The number of hydrogen-bond donors (Lipinski definition) is 2. The van der Waals surface area contributed by atoms with Gasteiger partial charge in [-0.2, -0.15) is 0 Å². The fourth-order valence-corrected chi connectivity index (χ4v) is 1.31. The van der Waals surface area contributed by atoms with Crippen LogP contribution in [0.25, 0.3) is 0 Å². The Morgan fingerprint density at radius 2 is 2.33 bits per heavy atom. The molecule has 0 aliphatic rings. The van der Waals surface area contributed by atoms with Crippen molar-refractivity contribution in [1.29, 1.82) is 5.53 Å². The second-order valence-electron chi connectivity index (χ2n) is 3.27. The first kappa shape index (κ1) is 14.1. The predicted molar refractivity (Wildman–Crippen MR) is 64.4 cm³/mol. The lowest BCUT2D eigenvalue weighted by Gasteiger charge is -2.04. The predicted octanol–water partition coefficient (Wildman–Crippen LogP) is 2.64. The number of rotatable bonds is 5. The number of aromatic nitrogens is 1. The molecule has 0 spiro atoms. The lowest BCUT2D eigenvalue weighted by atomic mass is 10.2. The lowest BCUT2D eigenvalue weighted by molar-refractivity contribution is -0.138. The van der Waals surface area contributed by atoms with Crippen LogP contribution in [0.1, 0.15) is 12.6 Å². The van der Waals surface area contributed by atoms with Crippen LogP contribution in [-0.4, -0.2) is 22.7 Å². The van der Waals surface area contributed by atoms with E-state index in [2.05, 4.69) is 14.8 Å². The SMILES string of the molecule is CCOC(=O)C(N=N)=C(O)Cc1ccc(Cl)cn1. The molecule has 0 unspecified atom stereocenters. The van der Waals surface area contributed by atoms with Gasteiger partial charge in [0.05, 0.1) is 11.6 Å². The maximum atomic E-state index is 11.4. The molecule has 0 atom stereocenters. The van der Waals surface area contributed by atoms with Crippen LogP contribution in [0.15, 0.2) is 34.9 Å². The van der Waals surface area contributed by atoms with Crippen LogP contribution in [0.2, 0.25) is 5.02 Å². The summed E-state index contributed by atoms with van der Waals surface area (Å²) in [4.78, 5) is 15.3. The largest absolute Gasteiger partial charge is 0.509 e. The smallest absolute Gasteiger partial charge is 0.362 e. The van der Waals surface area contributed by atoms with Gasteiger partial charge < -0.3 is 9.84 Å². The zero-order valence-electron chi connectivity index (χ0n) is 9.68. The third kappa shape index (κ3) is 3.81. The van der Waals surface area contributed by atoms with Crippen molar-refractivity contribution in [2.45, 2.75) is 13.3 Å². The van der Waals surface area contributed by atoms with Gasteiger partial charge in [0, 0.05) is 18.3 Å². The van der Waals surface area contributed by atoms with Crippen molar-refractivity contribution in [2.24, 2.45) is 5.11 Å². The van der Waals surface area contributed by atoms with Gasteiger partial charge in [0.25, 0.3) is 0 Å². The van der Waals surface area contributed by atoms with Crippen LogP contribution in [0, 0.1) is 5.53 Å². The van der Waals surface area contributed by atoms with E-state index in [1.807, 2.05) is 0 Å². The van der Waals surface area contributed by atoms with Gasteiger partial charge >= 0.3 is 5.97 Å². The molecular formula is C11H12ClN3O3. The standard InChI is InChI=1S/C11H12ClN3O3/c1-2-18-11(17)10(15-13)9(16)5-8-4-3-7(12)6-14-8/h3-4,6,13,16H,2,5H2,1H3. The Balaban J connectivity index is 2.89. The molecule has 0 aliphatic heterocycles. The number of ether oxygens (including phenoxy) is 1. The van der Waals surface area contributed by atoms with Crippen LogP contribution >= 0.6 is 11.6 Å². The van der Waals surface area contributed by atoms with E-state index in [4.69, 9.17) is 17.1 Å². The van der Waals surface area contributed by atoms with E-state index in [0.29, 0.717) is 10.7 Å². The number of aliphatic hydroxyl groups excluding tert-OH is 1. The molecule has 0 aromatic carbocycles. The van der Waals surface area contributed by atoms with E-state index < -0.39 is 11.7 Å². The van der Waals surface area contributed by atoms with Gasteiger partial charge in [0.2, 0.25) is 5.70 Å². The Morgan fingerprint density at radius 1 is 1.61 bits per heavy atom. The maximum absolute atomic E-state index is 11.4. The molecule has 0 aliphatic carbocycles. The molecule has 96 valence electrons. The Kier molecular flexibility index (Phi) is 5.26. The van der Waals surface area contributed by atoms with Crippen molar-refractivity contribution >= 4 is 17.6 Å². The first-order valence-electron chi connectivity index (χ1n) is 5.15. The highest BCUT2D eigenvalue weighted by Crippen LogP contribution is 2.13. The zero-order valence-corrected chi connectivity index (χ0v) is 10.4. The van der Waals surface area contributed by atoms with E-state index >= 15 is 0 Å². The van der Waals surface area contributed by atoms with E-state index in [-0.39, 0.29) is 18.8 Å². The highest BCUT2D eigenvalue weighted by molar-refractivity contribution is 6.30. The summed E-state index contributed by atoms with van der Waals surface area (Å²) in [7, 11) is 0. The number of esters is 1. The fourth-order valence-electron chi connectivity index (χ4n) is 1.19. The highest BCUT2D eigenvalue weighted by atomic mass is 35.5. The van der Waals surface area contributed by atoms with Gasteiger partial charge in [-0.3, -0.25) is 4.98 Å². The Hall–Kier alpha value is -1.95. The molecule has 0 saturated carbocycles. The minimum atomic E-state index is -0.834. The molecule has 1 aromatic heterocycles. The summed E-state index contributed by atoms with van der Waals surface area (Å²) in [6.07, 6.45) is 1.40. The average Bonchev–Trinajstić information content (AvgIpc) is 2.33. The minimum Gasteiger partial charge on any atom is -0.509 e. The Morgan fingerprint density at radius 3 is 2.83 bits per heavy atom. The van der Waals surface area contributed by atoms with E-state index in [0.717, 1.165) is 0 Å². The highest BCUT2D eigenvalue weighted by Gasteiger charge is 2.16. The van der Waals surface area contributed by atoms with Gasteiger partial charge in [-0.1, -0.05) is 11.6 Å². The normalized spacial score (nSPS) is 11.7. The summed E-state index contributed by atoms with van der Waals surface area (Å²) >= 11 is 5.67. The van der Waals surface area contributed by atoms with Crippen molar-refractivity contribution in [2.75, 3.05) is 6.61 Å². The minimum absolute atomic E-state index is 0.0201. The molecule has 1 aromatic rings. The summed E-state index contributed by atoms with van der Waals surface area (Å²) in [6, 6.07) is 3.21. The van der Waals surface area contributed by atoms with E-state index in [9.17, 15) is 9.90 Å². The summed E-state index contributed by atoms with van der Waals surface area (Å²) in [5, 5.41) is 13.2. The number of carbonyl (C=O) groups is 1. The van der Waals surface area contributed by atoms with Crippen molar-refractivity contribution in [3.8, 4) is 0 Å². The molecule has 0 amide bonds. The topological polar surface area (TPSA) is 95.6 Å². The fraction of sp³-hybridized carbons (Fsp3) is 0.273. The van der Waals surface area contributed by atoms with Gasteiger partial charge in [-0.25, -0.2) is 10.3 Å². The zero-order chi connectivity index (χ0) is 13.5. The van der Waals surface area contributed by atoms with Crippen molar-refractivity contribution in [3.63, 3.8) is 0 Å². The number of nitrogens with one attached hydrogen (secondary N) is 1. The quantitative estimate of drug-likeness (QED) is 0.372. The van der Waals surface area contributed by atoms with Crippen molar-refractivity contribution in [1.82, 2.24) is 4.98 Å². The van der Waals surface area contributed by atoms with Crippen LogP contribution in [-0.2, 0) is 16.0 Å². The third-order valence-electron chi connectivity index (χ3n) is 1.99. The van der Waals surface area contributed by atoms with Crippen molar-refractivity contribution < 1.29 is 14.6 Å². The van der Waals surface area contributed by atoms with Crippen LogP contribution in [0.5, 0.6) is 0 Å². The van der Waals surface area contributed by atoms with Crippen LogP contribution in [0.3, 0.4) is 0 Å². The molecule has 1 heterocycles. The first-order chi connectivity index (χ1) is 8.58. The van der Waals surface area contributed by atoms with Crippen molar-refractivity contribution in [3.05, 3.63) is 40.5 Å². The molecule has 0 bridgehead atoms. The summed E-state index contributed by atoms with van der Waals surface area (Å²) in [6.45, 7) is 1.77. The summed E-state index contributed by atoms with van der Waals surface area (Å²) < 4.78 is 4.66. The third-order valence-corrected chi connectivity index (χ3v) is 2.21. The lowest BCUT2D eigenvalue weighted by Crippen LogP contribution is -2.09. The molecule has 0 radical (unpaired) electrons. The first-order valence-corrected chi connectivity index (χ1v) is 5.53. The number of halogens is 1. The number of nitrogens with zero attached hydrogens (tertiary/aromatic N) is 2. The maximum Gasteiger partial charge on any atom is 0.362 e. The molecular weight excluding hydrogens is 258 g/mol. The molecule has 6 nitrogen and oxygen atoms in total. The average molecular weight is 270 g/mol. The summed E-state index contributed by atoms with van der Waals surface area (Å²) in [5.74, 6) is -1.20. The molecule has 0 fully saturated rings. The second-order valence-corrected chi connectivity index (χ2v) is 3.71. The van der Waals surface area contributed by atoms with Gasteiger partial charge in [-0.05, 0) is 19.1 Å². The number of carbonyl (C=O) groups excluding carboxylic acids is 1. The molecule has 1 rings (SSSR count). The van der Waals surface area contributed by atoms with Gasteiger partial charge in [0.1, 0.15) is 5.76 Å². The number of aliphatic hydroxyl groups is 1. The van der Waals surface area contributed by atoms with Gasteiger partial charge in [-0.15, -0.1) is 5.11 Å². The molecule has 7 heteroatoms.